The number of hydrogen-bond donors (Lipinski definition) is 1. The highest BCUT2D eigenvalue weighted by molar-refractivity contribution is 5.70. The third-order valence-corrected chi connectivity index (χ3v) is 2.36. The zero-order valence-electron chi connectivity index (χ0n) is 11.2. The van der Waals surface area contributed by atoms with E-state index in [1.165, 1.54) is 0 Å². The van der Waals surface area contributed by atoms with Gasteiger partial charge in [-0.05, 0) is 25.1 Å². The summed E-state index contributed by atoms with van der Waals surface area (Å²) in [6.07, 6.45) is 0. The van der Waals surface area contributed by atoms with Crippen LogP contribution in [0.2, 0.25) is 0 Å². The fraction of sp³-hybridized carbons (Fsp3) is 0.357. The number of carbonyl (C=O) groups excluding carboxylic acids is 1. The second-order valence-electron chi connectivity index (χ2n) is 3.77. The topological polar surface area (TPSA) is 95.1 Å². The summed E-state index contributed by atoms with van der Waals surface area (Å²) in [5.74, 6) is -0.391. The zero-order valence-corrected chi connectivity index (χ0v) is 11.2. The van der Waals surface area contributed by atoms with Crippen molar-refractivity contribution in [2.24, 2.45) is 0 Å². The molecule has 0 saturated carbocycles. The van der Waals surface area contributed by atoms with E-state index in [1.807, 2.05) is 12.1 Å². The molecule has 0 saturated heterocycles. The molecule has 0 aliphatic rings. The van der Waals surface area contributed by atoms with Gasteiger partial charge in [0, 0.05) is 12.2 Å². The van der Waals surface area contributed by atoms with Crippen molar-refractivity contribution < 1.29 is 14.3 Å². The number of benzene rings is 1. The lowest BCUT2D eigenvalue weighted by atomic mass is 10.1. The van der Waals surface area contributed by atoms with Gasteiger partial charge in [0.1, 0.15) is 18.7 Å². The summed E-state index contributed by atoms with van der Waals surface area (Å²) in [5.41, 5.74) is 1.39. The molecular formula is C14H15N3O3. The monoisotopic (exact) mass is 273 g/mol. The summed E-state index contributed by atoms with van der Waals surface area (Å²) < 4.78 is 9.83. The molecule has 0 radical (unpaired) electrons. The number of nitrogens with zero attached hydrogens (tertiary/aromatic N) is 2. The molecule has 20 heavy (non-hydrogen) atoms. The molecule has 0 spiro atoms. The maximum Gasteiger partial charge on any atom is 0.332 e. The molecular weight excluding hydrogens is 258 g/mol. The minimum atomic E-state index is -0.391. The highest BCUT2D eigenvalue weighted by Crippen LogP contribution is 2.14. The molecule has 0 heterocycles. The number of carbonyl (C=O) groups is 1. The summed E-state index contributed by atoms with van der Waals surface area (Å²) in [4.78, 5) is 11.0. The average Bonchev–Trinajstić information content (AvgIpc) is 2.47. The van der Waals surface area contributed by atoms with Crippen molar-refractivity contribution in [1.29, 1.82) is 10.5 Å². The molecule has 0 aliphatic carbocycles. The van der Waals surface area contributed by atoms with Gasteiger partial charge in [-0.2, -0.15) is 10.5 Å². The van der Waals surface area contributed by atoms with E-state index >= 15 is 0 Å². The minimum absolute atomic E-state index is 0.0770. The van der Waals surface area contributed by atoms with Crippen molar-refractivity contribution in [3.63, 3.8) is 0 Å². The van der Waals surface area contributed by atoms with E-state index in [9.17, 15) is 4.79 Å². The van der Waals surface area contributed by atoms with Gasteiger partial charge in [-0.3, -0.25) is 0 Å². The number of hydrogen-bond acceptors (Lipinski definition) is 6. The molecule has 0 fully saturated rings. The first-order chi connectivity index (χ1) is 9.71. The Hall–Kier alpha value is -2.57. The van der Waals surface area contributed by atoms with Crippen LogP contribution < -0.4 is 5.32 Å². The van der Waals surface area contributed by atoms with Gasteiger partial charge in [-0.25, -0.2) is 4.79 Å². The van der Waals surface area contributed by atoms with Crippen LogP contribution >= 0.6 is 0 Å². The van der Waals surface area contributed by atoms with Gasteiger partial charge in [0.2, 0.25) is 0 Å². The quantitative estimate of drug-likeness (QED) is 0.596. The minimum Gasteiger partial charge on any atom is -0.464 e. The largest absolute Gasteiger partial charge is 0.464 e. The Morgan fingerprint density at radius 1 is 1.30 bits per heavy atom. The first-order valence-electron chi connectivity index (χ1n) is 6.12. The maximum atomic E-state index is 11.0. The Bertz CT molecular complexity index is 544. The van der Waals surface area contributed by atoms with Crippen LogP contribution in [0.25, 0.3) is 0 Å². The van der Waals surface area contributed by atoms with E-state index in [0.717, 1.165) is 5.69 Å². The first-order valence-corrected chi connectivity index (χ1v) is 6.12. The molecule has 6 heteroatoms. The number of nitrogens with one attached hydrogen (secondary N) is 1. The standard InChI is InChI=1S/C14H15N3O3/c1-2-20-14(18)10-19-6-5-17-13-4-3-11(8-15)12(7-13)9-16/h3-4,7,17H,2,5-6,10H2,1H3. The molecule has 0 atom stereocenters. The van der Waals surface area contributed by atoms with Gasteiger partial charge >= 0.3 is 5.97 Å². The Balaban J connectivity index is 2.35. The predicted octanol–water partition coefficient (Wildman–Crippen LogP) is 1.42. The van der Waals surface area contributed by atoms with Gasteiger partial charge in [-0.15, -0.1) is 0 Å². The van der Waals surface area contributed by atoms with Crippen LogP contribution in [-0.4, -0.2) is 32.3 Å². The van der Waals surface area contributed by atoms with Gasteiger partial charge in [0.25, 0.3) is 0 Å². The van der Waals surface area contributed by atoms with Crippen molar-refractivity contribution >= 4 is 11.7 Å². The highest BCUT2D eigenvalue weighted by atomic mass is 16.6. The molecule has 0 bridgehead atoms. The van der Waals surface area contributed by atoms with Crippen molar-refractivity contribution in [2.45, 2.75) is 6.92 Å². The normalized spacial score (nSPS) is 9.35. The number of esters is 1. The summed E-state index contributed by atoms with van der Waals surface area (Å²) in [7, 11) is 0. The van der Waals surface area contributed by atoms with Crippen LogP contribution in [0, 0.1) is 22.7 Å². The van der Waals surface area contributed by atoms with Crippen LogP contribution in [0.4, 0.5) is 5.69 Å². The van der Waals surface area contributed by atoms with Crippen LogP contribution in [-0.2, 0) is 14.3 Å². The lowest BCUT2D eigenvalue weighted by Crippen LogP contribution is -2.16. The molecule has 6 nitrogen and oxygen atoms in total. The smallest absolute Gasteiger partial charge is 0.332 e. The summed E-state index contributed by atoms with van der Waals surface area (Å²) in [6, 6.07) is 8.81. The van der Waals surface area contributed by atoms with E-state index in [2.05, 4.69) is 5.32 Å². The van der Waals surface area contributed by atoms with Crippen LogP contribution in [0.3, 0.4) is 0 Å². The molecule has 1 aromatic rings. The molecule has 1 rings (SSSR count). The van der Waals surface area contributed by atoms with Crippen molar-refractivity contribution in [1.82, 2.24) is 0 Å². The SMILES string of the molecule is CCOC(=O)COCCNc1ccc(C#N)c(C#N)c1. The van der Waals surface area contributed by atoms with Crippen molar-refractivity contribution in [3.05, 3.63) is 29.3 Å². The fourth-order valence-corrected chi connectivity index (χ4v) is 1.47. The number of nitriles is 2. The second kappa shape index (κ2) is 8.52. The van der Waals surface area contributed by atoms with Gasteiger partial charge in [-0.1, -0.05) is 0 Å². The fourth-order valence-electron chi connectivity index (χ4n) is 1.47. The van der Waals surface area contributed by atoms with E-state index in [1.54, 1.807) is 25.1 Å². The predicted molar refractivity (Wildman–Crippen MR) is 71.8 cm³/mol. The Morgan fingerprint density at radius 2 is 2.05 bits per heavy atom. The van der Waals surface area contributed by atoms with Gasteiger partial charge < -0.3 is 14.8 Å². The van der Waals surface area contributed by atoms with Gasteiger partial charge in [0.05, 0.1) is 24.3 Å². The third kappa shape index (κ3) is 4.97. The third-order valence-electron chi connectivity index (χ3n) is 2.36. The molecule has 0 aromatic heterocycles. The lowest BCUT2D eigenvalue weighted by Gasteiger charge is -2.08. The van der Waals surface area contributed by atoms with E-state index in [-0.39, 0.29) is 6.61 Å². The maximum absolute atomic E-state index is 11.0. The van der Waals surface area contributed by atoms with Crippen molar-refractivity contribution in [2.75, 3.05) is 31.7 Å². The average molecular weight is 273 g/mol. The molecule has 0 amide bonds. The highest BCUT2D eigenvalue weighted by Gasteiger charge is 2.03. The van der Waals surface area contributed by atoms with Crippen LogP contribution in [0.5, 0.6) is 0 Å². The Morgan fingerprint density at radius 3 is 2.70 bits per heavy atom. The van der Waals surface area contributed by atoms with Gasteiger partial charge in [0.15, 0.2) is 0 Å². The second-order valence-corrected chi connectivity index (χ2v) is 3.77. The lowest BCUT2D eigenvalue weighted by molar-refractivity contribution is -0.148. The number of ether oxygens (including phenoxy) is 2. The summed E-state index contributed by atoms with van der Waals surface area (Å²) in [5, 5.41) is 20.7. The molecule has 0 unspecified atom stereocenters. The van der Waals surface area contributed by atoms with Crippen molar-refractivity contribution in [3.8, 4) is 12.1 Å². The molecule has 1 aromatic carbocycles. The zero-order chi connectivity index (χ0) is 14.8. The Kier molecular flexibility index (Phi) is 6.60. The Labute approximate surface area is 117 Å². The molecule has 1 N–H and O–H groups in total. The van der Waals surface area contributed by atoms with E-state index < -0.39 is 5.97 Å². The van der Waals surface area contributed by atoms with Crippen LogP contribution in [0.1, 0.15) is 18.1 Å². The number of anilines is 1. The van der Waals surface area contributed by atoms with Crippen LogP contribution in [0.15, 0.2) is 18.2 Å². The summed E-state index contributed by atoms with van der Waals surface area (Å²) >= 11 is 0. The van der Waals surface area contributed by atoms with E-state index in [4.69, 9.17) is 20.0 Å². The van der Waals surface area contributed by atoms with E-state index in [0.29, 0.717) is 30.9 Å². The molecule has 104 valence electrons. The molecule has 0 aliphatic heterocycles. The first kappa shape index (κ1) is 15.5. The summed E-state index contributed by atoms with van der Waals surface area (Å²) in [6.45, 7) is 2.81. The number of rotatable bonds is 7.